The Morgan fingerprint density at radius 3 is 2.06 bits per heavy atom. The van der Waals surface area contributed by atoms with E-state index in [2.05, 4.69) is 0 Å². The van der Waals surface area contributed by atoms with Crippen LogP contribution in [0.15, 0.2) is 12.1 Å². The van der Waals surface area contributed by atoms with Crippen molar-refractivity contribution >= 4 is 0 Å². The average molecular weight is 227 g/mol. The lowest BCUT2D eigenvalue weighted by molar-refractivity contribution is 0.281. The summed E-state index contributed by atoms with van der Waals surface area (Å²) < 4.78 is 27.3. The van der Waals surface area contributed by atoms with E-state index in [9.17, 15) is 8.78 Å². The van der Waals surface area contributed by atoms with Gasteiger partial charge in [-0.15, -0.1) is 0 Å². The van der Waals surface area contributed by atoms with Gasteiger partial charge in [0.15, 0.2) is 0 Å². The highest BCUT2D eigenvalue weighted by Gasteiger charge is 2.34. The summed E-state index contributed by atoms with van der Waals surface area (Å²) in [5, 5.41) is 9.08. The molecule has 4 heteroatoms. The largest absolute Gasteiger partial charge is 0.508 e. The summed E-state index contributed by atoms with van der Waals surface area (Å²) in [6.45, 7) is 0. The first-order chi connectivity index (χ1) is 7.53. The van der Waals surface area contributed by atoms with Crippen molar-refractivity contribution in [3.63, 3.8) is 0 Å². The van der Waals surface area contributed by atoms with Gasteiger partial charge in [-0.1, -0.05) is 19.3 Å². The number of aromatic hydroxyl groups is 1. The van der Waals surface area contributed by atoms with Gasteiger partial charge in [-0.3, -0.25) is 0 Å². The molecule has 0 spiro atoms. The number of hydrogen-bond donors (Lipinski definition) is 2. The van der Waals surface area contributed by atoms with Gasteiger partial charge in [0.25, 0.3) is 0 Å². The van der Waals surface area contributed by atoms with E-state index in [0.29, 0.717) is 12.8 Å². The molecule has 1 aromatic carbocycles. The molecular formula is C12H15F2NO. The molecule has 1 saturated carbocycles. The standard InChI is InChI=1S/C12H15F2NO/c13-9-6-8(16)7-10(14)11(9)12(15)4-2-1-3-5-12/h6-7,16H,1-5,15H2. The molecule has 0 atom stereocenters. The fraction of sp³-hybridized carbons (Fsp3) is 0.500. The molecular weight excluding hydrogens is 212 g/mol. The summed E-state index contributed by atoms with van der Waals surface area (Å²) >= 11 is 0. The van der Waals surface area contributed by atoms with Crippen LogP contribution in [0.3, 0.4) is 0 Å². The van der Waals surface area contributed by atoms with Crippen LogP contribution in [0.25, 0.3) is 0 Å². The summed E-state index contributed by atoms with van der Waals surface area (Å²) in [7, 11) is 0. The summed E-state index contributed by atoms with van der Waals surface area (Å²) in [6.07, 6.45) is 4.00. The van der Waals surface area contributed by atoms with Gasteiger partial charge in [0.05, 0.1) is 0 Å². The summed E-state index contributed by atoms with van der Waals surface area (Å²) in [4.78, 5) is 0. The minimum Gasteiger partial charge on any atom is -0.508 e. The number of benzene rings is 1. The van der Waals surface area contributed by atoms with E-state index in [1.54, 1.807) is 0 Å². The number of halogens is 2. The molecule has 2 rings (SSSR count). The normalized spacial score (nSPS) is 19.7. The van der Waals surface area contributed by atoms with Crippen LogP contribution in [-0.4, -0.2) is 5.11 Å². The van der Waals surface area contributed by atoms with Crippen molar-refractivity contribution in [1.82, 2.24) is 0 Å². The van der Waals surface area contributed by atoms with Crippen LogP contribution in [0.5, 0.6) is 5.75 Å². The van der Waals surface area contributed by atoms with Crippen LogP contribution < -0.4 is 5.73 Å². The van der Waals surface area contributed by atoms with Crippen LogP contribution in [0.4, 0.5) is 8.78 Å². The molecule has 2 nitrogen and oxygen atoms in total. The highest BCUT2D eigenvalue weighted by Crippen LogP contribution is 2.38. The third kappa shape index (κ3) is 1.89. The van der Waals surface area contributed by atoms with E-state index in [0.717, 1.165) is 31.4 Å². The predicted molar refractivity (Wildman–Crippen MR) is 57.0 cm³/mol. The number of hydrogen-bond acceptors (Lipinski definition) is 2. The second-order valence-electron chi connectivity index (χ2n) is 4.50. The fourth-order valence-electron chi connectivity index (χ4n) is 2.47. The van der Waals surface area contributed by atoms with Crippen molar-refractivity contribution in [3.8, 4) is 5.75 Å². The van der Waals surface area contributed by atoms with Gasteiger partial charge >= 0.3 is 0 Å². The Morgan fingerprint density at radius 1 is 1.06 bits per heavy atom. The molecule has 0 heterocycles. The second kappa shape index (κ2) is 4.01. The van der Waals surface area contributed by atoms with Gasteiger partial charge in [0, 0.05) is 23.2 Å². The first kappa shape index (κ1) is 11.3. The summed E-state index contributed by atoms with van der Waals surface area (Å²) in [5.41, 5.74) is 5.08. The quantitative estimate of drug-likeness (QED) is 0.775. The van der Waals surface area contributed by atoms with Gasteiger partial charge < -0.3 is 10.8 Å². The summed E-state index contributed by atoms with van der Waals surface area (Å²) in [5.74, 6) is -1.90. The molecule has 0 aliphatic heterocycles. The van der Waals surface area contributed by atoms with Gasteiger partial charge in [-0.05, 0) is 12.8 Å². The molecule has 0 amide bonds. The maximum absolute atomic E-state index is 13.7. The number of nitrogens with two attached hydrogens (primary N) is 1. The SMILES string of the molecule is NC1(c2c(F)cc(O)cc2F)CCCCC1. The summed E-state index contributed by atoms with van der Waals surface area (Å²) in [6, 6.07) is 1.84. The maximum atomic E-state index is 13.7. The molecule has 1 fully saturated rings. The molecule has 0 aromatic heterocycles. The molecule has 16 heavy (non-hydrogen) atoms. The molecule has 0 radical (unpaired) electrons. The van der Waals surface area contributed by atoms with E-state index in [1.807, 2.05) is 0 Å². The average Bonchev–Trinajstić information content (AvgIpc) is 2.16. The zero-order valence-electron chi connectivity index (χ0n) is 8.97. The predicted octanol–water partition coefficient (Wildman–Crippen LogP) is 2.79. The zero-order chi connectivity index (χ0) is 11.8. The Kier molecular flexibility index (Phi) is 2.84. The molecule has 3 N–H and O–H groups in total. The van der Waals surface area contributed by atoms with Crippen LogP contribution in [-0.2, 0) is 5.54 Å². The van der Waals surface area contributed by atoms with E-state index in [4.69, 9.17) is 10.8 Å². The number of phenolic OH excluding ortho intramolecular Hbond substituents is 1. The molecule has 1 aromatic rings. The number of rotatable bonds is 1. The molecule has 0 unspecified atom stereocenters. The van der Waals surface area contributed by atoms with Crippen LogP contribution in [0, 0.1) is 11.6 Å². The molecule has 0 bridgehead atoms. The van der Waals surface area contributed by atoms with E-state index >= 15 is 0 Å². The first-order valence-electron chi connectivity index (χ1n) is 5.50. The van der Waals surface area contributed by atoms with Crippen molar-refractivity contribution in [2.24, 2.45) is 5.73 Å². The van der Waals surface area contributed by atoms with Crippen molar-refractivity contribution < 1.29 is 13.9 Å². The van der Waals surface area contributed by atoms with Gasteiger partial charge in [0.1, 0.15) is 17.4 Å². The fourth-order valence-corrected chi connectivity index (χ4v) is 2.47. The van der Waals surface area contributed by atoms with Crippen molar-refractivity contribution in [2.75, 3.05) is 0 Å². The Balaban J connectivity index is 2.46. The maximum Gasteiger partial charge on any atom is 0.134 e. The zero-order valence-corrected chi connectivity index (χ0v) is 8.97. The molecule has 1 aliphatic rings. The van der Waals surface area contributed by atoms with Gasteiger partial charge in [-0.2, -0.15) is 0 Å². The third-order valence-corrected chi connectivity index (χ3v) is 3.27. The van der Waals surface area contributed by atoms with Crippen LogP contribution in [0.1, 0.15) is 37.7 Å². The Bertz CT molecular complexity index is 377. The number of phenols is 1. The highest BCUT2D eigenvalue weighted by atomic mass is 19.1. The highest BCUT2D eigenvalue weighted by molar-refractivity contribution is 5.34. The lowest BCUT2D eigenvalue weighted by atomic mass is 9.77. The van der Waals surface area contributed by atoms with E-state index in [-0.39, 0.29) is 5.56 Å². The lowest BCUT2D eigenvalue weighted by Crippen LogP contribution is -2.40. The van der Waals surface area contributed by atoms with E-state index < -0.39 is 22.9 Å². The van der Waals surface area contributed by atoms with Crippen molar-refractivity contribution in [3.05, 3.63) is 29.3 Å². The van der Waals surface area contributed by atoms with Gasteiger partial charge in [0.2, 0.25) is 0 Å². The minimum absolute atomic E-state index is 0.0787. The Morgan fingerprint density at radius 2 is 1.56 bits per heavy atom. The van der Waals surface area contributed by atoms with Crippen LogP contribution in [0.2, 0.25) is 0 Å². The lowest BCUT2D eigenvalue weighted by Gasteiger charge is -2.34. The van der Waals surface area contributed by atoms with Gasteiger partial charge in [-0.25, -0.2) is 8.78 Å². The molecule has 0 saturated heterocycles. The van der Waals surface area contributed by atoms with E-state index in [1.165, 1.54) is 0 Å². The Hall–Kier alpha value is -1.16. The molecule has 1 aliphatic carbocycles. The third-order valence-electron chi connectivity index (χ3n) is 3.27. The van der Waals surface area contributed by atoms with Crippen LogP contribution >= 0.6 is 0 Å². The topological polar surface area (TPSA) is 46.2 Å². The smallest absolute Gasteiger partial charge is 0.134 e. The van der Waals surface area contributed by atoms with Crippen molar-refractivity contribution in [1.29, 1.82) is 0 Å². The monoisotopic (exact) mass is 227 g/mol. The molecule has 88 valence electrons. The van der Waals surface area contributed by atoms with Crippen molar-refractivity contribution in [2.45, 2.75) is 37.6 Å². The minimum atomic E-state index is -0.917. The first-order valence-corrected chi connectivity index (χ1v) is 5.50. The second-order valence-corrected chi connectivity index (χ2v) is 4.50. The Labute approximate surface area is 93.1 Å².